The molecule has 0 bridgehead atoms. The Morgan fingerprint density at radius 3 is 2.81 bits per heavy atom. The van der Waals surface area contributed by atoms with E-state index in [2.05, 4.69) is 0 Å². The molecule has 0 fully saturated rings. The molecular formula is C10H10ClNO3S. The molecule has 6 heteroatoms. The van der Waals surface area contributed by atoms with Gasteiger partial charge >= 0.3 is 0 Å². The van der Waals surface area contributed by atoms with E-state index in [1.807, 2.05) is 6.26 Å². The number of nitro groups is 1. The summed E-state index contributed by atoms with van der Waals surface area (Å²) in [5.74, 6) is 0.427. The molecule has 1 aromatic carbocycles. The molecule has 0 N–H and O–H groups in total. The fourth-order valence-corrected chi connectivity index (χ4v) is 1.78. The molecule has 86 valence electrons. The summed E-state index contributed by atoms with van der Waals surface area (Å²) in [5.41, 5.74) is -0.0953. The van der Waals surface area contributed by atoms with Crippen LogP contribution in [-0.4, -0.2) is 22.7 Å². The van der Waals surface area contributed by atoms with Crippen molar-refractivity contribution in [3.63, 3.8) is 0 Å². The van der Waals surface area contributed by atoms with Crippen molar-refractivity contribution in [3.05, 3.63) is 38.9 Å². The van der Waals surface area contributed by atoms with Crippen molar-refractivity contribution in [2.24, 2.45) is 0 Å². The van der Waals surface area contributed by atoms with Crippen LogP contribution in [0.5, 0.6) is 0 Å². The zero-order valence-corrected chi connectivity index (χ0v) is 10.2. The van der Waals surface area contributed by atoms with E-state index in [0.717, 1.165) is 0 Å². The van der Waals surface area contributed by atoms with E-state index in [1.54, 1.807) is 0 Å². The molecule has 0 aromatic heterocycles. The largest absolute Gasteiger partial charge is 0.294 e. The second kappa shape index (κ2) is 5.86. The lowest BCUT2D eigenvalue weighted by molar-refractivity contribution is -0.385. The second-order valence-corrected chi connectivity index (χ2v) is 4.51. The Hall–Kier alpha value is -1.07. The zero-order valence-electron chi connectivity index (χ0n) is 8.60. The fourth-order valence-electron chi connectivity index (χ4n) is 1.22. The molecule has 1 rings (SSSR count). The van der Waals surface area contributed by atoms with Gasteiger partial charge in [0.15, 0.2) is 5.78 Å². The van der Waals surface area contributed by atoms with Gasteiger partial charge in [-0.2, -0.15) is 11.8 Å². The first kappa shape index (κ1) is 13.0. The molecule has 1 aromatic rings. The summed E-state index contributed by atoms with van der Waals surface area (Å²) in [6, 6.07) is 4.10. The van der Waals surface area contributed by atoms with Crippen LogP contribution in [0.3, 0.4) is 0 Å². The number of nitrogens with zero attached hydrogens (tertiary/aromatic N) is 1. The number of nitro benzene ring substituents is 1. The minimum atomic E-state index is -0.585. The van der Waals surface area contributed by atoms with Crippen molar-refractivity contribution >= 4 is 34.8 Å². The molecule has 0 saturated carbocycles. The van der Waals surface area contributed by atoms with Crippen LogP contribution < -0.4 is 0 Å². The molecule has 0 aliphatic carbocycles. The van der Waals surface area contributed by atoms with E-state index in [1.165, 1.54) is 30.0 Å². The van der Waals surface area contributed by atoms with Crippen molar-refractivity contribution in [1.29, 1.82) is 0 Å². The van der Waals surface area contributed by atoms with Crippen molar-refractivity contribution in [2.45, 2.75) is 6.42 Å². The number of carbonyl (C=O) groups excluding carboxylic acids is 1. The molecule has 0 heterocycles. The topological polar surface area (TPSA) is 60.2 Å². The first-order valence-corrected chi connectivity index (χ1v) is 6.29. The molecule has 16 heavy (non-hydrogen) atoms. The molecule has 0 saturated heterocycles. The number of halogens is 1. The molecule has 0 aliphatic rings. The van der Waals surface area contributed by atoms with Gasteiger partial charge in [0.25, 0.3) is 5.69 Å². The summed E-state index contributed by atoms with van der Waals surface area (Å²) < 4.78 is 0. The average molecular weight is 260 g/mol. The van der Waals surface area contributed by atoms with E-state index in [-0.39, 0.29) is 22.1 Å². The highest BCUT2D eigenvalue weighted by Gasteiger charge is 2.19. The van der Waals surface area contributed by atoms with Gasteiger partial charge in [-0.15, -0.1) is 0 Å². The number of ketones is 1. The molecule has 0 unspecified atom stereocenters. The van der Waals surface area contributed by atoms with Gasteiger partial charge in [0.05, 0.1) is 10.5 Å². The lowest BCUT2D eigenvalue weighted by Gasteiger charge is -2.02. The summed E-state index contributed by atoms with van der Waals surface area (Å²) in [4.78, 5) is 21.8. The van der Waals surface area contributed by atoms with Gasteiger partial charge in [0.2, 0.25) is 0 Å². The Kier molecular flexibility index (Phi) is 4.76. The molecule has 0 amide bonds. The standard InChI is InChI=1S/C10H10ClNO3S/c1-16-5-4-10(13)8-3-2-7(11)6-9(8)12(14)15/h2-3,6H,4-5H2,1H3. The molecule has 0 spiro atoms. The second-order valence-electron chi connectivity index (χ2n) is 3.08. The predicted molar refractivity (Wildman–Crippen MR) is 65.4 cm³/mol. The number of carbonyl (C=O) groups is 1. The fraction of sp³-hybridized carbons (Fsp3) is 0.300. The minimum absolute atomic E-state index is 0.128. The molecule has 0 atom stereocenters. The number of hydrogen-bond acceptors (Lipinski definition) is 4. The van der Waals surface area contributed by atoms with Gasteiger partial charge < -0.3 is 0 Å². The summed E-state index contributed by atoms with van der Waals surface area (Å²) in [6.07, 6.45) is 2.17. The molecule has 0 radical (unpaired) electrons. The lowest BCUT2D eigenvalue weighted by atomic mass is 10.1. The van der Waals surface area contributed by atoms with Crippen LogP contribution in [0.25, 0.3) is 0 Å². The van der Waals surface area contributed by atoms with E-state index in [4.69, 9.17) is 11.6 Å². The van der Waals surface area contributed by atoms with Crippen LogP contribution in [0, 0.1) is 10.1 Å². The molecule has 4 nitrogen and oxygen atoms in total. The maximum absolute atomic E-state index is 11.7. The maximum atomic E-state index is 11.7. The maximum Gasteiger partial charge on any atom is 0.281 e. The lowest BCUT2D eigenvalue weighted by Crippen LogP contribution is -2.04. The van der Waals surface area contributed by atoms with E-state index in [9.17, 15) is 14.9 Å². The van der Waals surface area contributed by atoms with Crippen molar-refractivity contribution < 1.29 is 9.72 Å². The number of benzene rings is 1. The van der Waals surface area contributed by atoms with Gasteiger partial charge in [0, 0.05) is 23.3 Å². The summed E-state index contributed by atoms with van der Waals surface area (Å²) >= 11 is 7.18. The van der Waals surface area contributed by atoms with E-state index < -0.39 is 4.92 Å². The summed E-state index contributed by atoms with van der Waals surface area (Å²) in [7, 11) is 0. The first-order chi connectivity index (χ1) is 7.56. The predicted octanol–water partition coefficient (Wildman–Crippen LogP) is 3.18. The summed E-state index contributed by atoms with van der Waals surface area (Å²) in [5, 5.41) is 11.0. The molecular weight excluding hydrogens is 250 g/mol. The van der Waals surface area contributed by atoms with Crippen LogP contribution in [0.1, 0.15) is 16.8 Å². The third-order valence-corrected chi connectivity index (χ3v) is 2.84. The van der Waals surface area contributed by atoms with Crippen LogP contribution in [0.2, 0.25) is 5.02 Å². The molecule has 0 aliphatic heterocycles. The first-order valence-electron chi connectivity index (χ1n) is 4.52. The Bertz CT molecular complexity index is 423. The average Bonchev–Trinajstić information content (AvgIpc) is 2.25. The van der Waals surface area contributed by atoms with Crippen molar-refractivity contribution in [2.75, 3.05) is 12.0 Å². The zero-order chi connectivity index (χ0) is 12.1. The van der Waals surface area contributed by atoms with Gasteiger partial charge in [-0.3, -0.25) is 14.9 Å². The van der Waals surface area contributed by atoms with Crippen molar-refractivity contribution in [3.8, 4) is 0 Å². The third kappa shape index (κ3) is 3.21. The van der Waals surface area contributed by atoms with Gasteiger partial charge in [-0.25, -0.2) is 0 Å². The van der Waals surface area contributed by atoms with E-state index >= 15 is 0 Å². The number of thioether (sulfide) groups is 1. The van der Waals surface area contributed by atoms with E-state index in [0.29, 0.717) is 12.2 Å². The number of Topliss-reactive ketones (excluding diaryl/α,β-unsaturated/α-hetero) is 1. The number of rotatable bonds is 5. The van der Waals surface area contributed by atoms with Gasteiger partial charge in [-0.05, 0) is 18.4 Å². The van der Waals surface area contributed by atoms with Crippen LogP contribution in [0.15, 0.2) is 18.2 Å². The Balaban J connectivity index is 3.03. The monoisotopic (exact) mass is 259 g/mol. The highest BCUT2D eigenvalue weighted by atomic mass is 35.5. The van der Waals surface area contributed by atoms with Gasteiger partial charge in [0.1, 0.15) is 0 Å². The minimum Gasteiger partial charge on any atom is -0.294 e. The van der Waals surface area contributed by atoms with Crippen LogP contribution in [0.4, 0.5) is 5.69 Å². The quantitative estimate of drug-likeness (QED) is 0.463. The van der Waals surface area contributed by atoms with Crippen LogP contribution in [-0.2, 0) is 0 Å². The highest BCUT2D eigenvalue weighted by Crippen LogP contribution is 2.24. The Labute approximate surface area is 102 Å². The SMILES string of the molecule is CSCCC(=O)c1ccc(Cl)cc1[N+](=O)[O-]. The van der Waals surface area contributed by atoms with Crippen LogP contribution >= 0.6 is 23.4 Å². The third-order valence-electron chi connectivity index (χ3n) is 1.99. The van der Waals surface area contributed by atoms with Crippen molar-refractivity contribution in [1.82, 2.24) is 0 Å². The highest BCUT2D eigenvalue weighted by molar-refractivity contribution is 7.98. The Morgan fingerprint density at radius 1 is 1.56 bits per heavy atom. The number of hydrogen-bond donors (Lipinski definition) is 0. The smallest absolute Gasteiger partial charge is 0.281 e. The normalized spacial score (nSPS) is 10.1. The van der Waals surface area contributed by atoms with Gasteiger partial charge in [-0.1, -0.05) is 11.6 Å². The summed E-state index contributed by atoms with van der Waals surface area (Å²) in [6.45, 7) is 0. The Morgan fingerprint density at radius 2 is 2.25 bits per heavy atom.